The maximum absolute atomic E-state index is 12.7. The molecule has 0 N–H and O–H groups in total. The van der Waals surface area contributed by atoms with Gasteiger partial charge in [0.2, 0.25) is 5.91 Å². The molecule has 0 aliphatic carbocycles. The summed E-state index contributed by atoms with van der Waals surface area (Å²) in [5, 5.41) is -0.0343. The van der Waals surface area contributed by atoms with Gasteiger partial charge in [0.1, 0.15) is 5.82 Å². The van der Waals surface area contributed by atoms with Gasteiger partial charge in [0.05, 0.1) is 30.3 Å². The first-order valence-corrected chi connectivity index (χ1v) is 8.78. The van der Waals surface area contributed by atoms with Gasteiger partial charge in [-0.3, -0.25) is 9.69 Å². The third kappa shape index (κ3) is 4.57. The molecule has 2 fully saturated rings. The van der Waals surface area contributed by atoms with Gasteiger partial charge in [0, 0.05) is 45.5 Å². The van der Waals surface area contributed by atoms with E-state index in [0.717, 1.165) is 25.4 Å². The van der Waals surface area contributed by atoms with Gasteiger partial charge in [-0.1, -0.05) is 11.6 Å². The zero-order valence-corrected chi connectivity index (χ0v) is 14.9. The van der Waals surface area contributed by atoms with Gasteiger partial charge in [-0.25, -0.2) is 4.98 Å². The topological polar surface area (TPSA) is 48.9 Å². The van der Waals surface area contributed by atoms with Crippen molar-refractivity contribution in [3.8, 4) is 0 Å². The second-order valence-electron chi connectivity index (χ2n) is 6.28. The fourth-order valence-electron chi connectivity index (χ4n) is 3.04. The first-order chi connectivity index (χ1) is 12.3. The van der Waals surface area contributed by atoms with E-state index in [1.54, 1.807) is 9.80 Å². The molecule has 2 aliphatic heterocycles. The van der Waals surface area contributed by atoms with Crippen LogP contribution >= 0.6 is 11.6 Å². The largest absolute Gasteiger partial charge is 0.417 e. The van der Waals surface area contributed by atoms with Crippen molar-refractivity contribution >= 4 is 23.3 Å². The number of carbonyl (C=O) groups excluding carboxylic acids is 1. The summed E-state index contributed by atoms with van der Waals surface area (Å²) in [6.07, 6.45) is -3.68. The van der Waals surface area contributed by atoms with E-state index in [-0.39, 0.29) is 10.9 Å². The fourth-order valence-corrected chi connectivity index (χ4v) is 3.32. The van der Waals surface area contributed by atoms with E-state index in [1.165, 1.54) is 0 Å². The number of piperazine rings is 1. The Morgan fingerprint density at radius 1 is 1.15 bits per heavy atom. The molecule has 0 saturated carbocycles. The number of anilines is 1. The number of ether oxygens (including phenoxy) is 1. The molecule has 1 amide bonds. The molecular weight excluding hydrogens is 373 g/mol. The van der Waals surface area contributed by atoms with E-state index in [2.05, 4.69) is 9.88 Å². The van der Waals surface area contributed by atoms with Crippen LogP contribution in [0.25, 0.3) is 0 Å². The Bertz CT molecular complexity index is 645. The molecule has 6 nitrogen and oxygen atoms in total. The molecule has 3 rings (SSSR count). The van der Waals surface area contributed by atoms with Gasteiger partial charge in [0.15, 0.2) is 0 Å². The van der Waals surface area contributed by atoms with Crippen molar-refractivity contribution in [3.05, 3.63) is 22.8 Å². The Labute approximate surface area is 154 Å². The van der Waals surface area contributed by atoms with E-state index < -0.39 is 11.7 Å². The standard InChI is InChI=1S/C16H20ClF3N4O2/c17-13-9-12(16(18,19)20)10-21-15(13)24-3-1-23(2-4-24)14(25)11-22-5-7-26-8-6-22/h9-10H,1-8,11H2. The van der Waals surface area contributed by atoms with Gasteiger partial charge in [-0.05, 0) is 6.07 Å². The molecule has 0 radical (unpaired) electrons. The highest BCUT2D eigenvalue weighted by Gasteiger charge is 2.32. The summed E-state index contributed by atoms with van der Waals surface area (Å²) in [6, 6.07) is 0.889. The predicted octanol–water partition coefficient (Wildman–Crippen LogP) is 1.73. The zero-order chi connectivity index (χ0) is 18.7. The first-order valence-electron chi connectivity index (χ1n) is 8.40. The highest BCUT2D eigenvalue weighted by molar-refractivity contribution is 6.33. The van der Waals surface area contributed by atoms with Crippen LogP contribution < -0.4 is 4.90 Å². The lowest BCUT2D eigenvalue weighted by Crippen LogP contribution is -2.52. The maximum atomic E-state index is 12.7. The van der Waals surface area contributed by atoms with E-state index >= 15 is 0 Å². The van der Waals surface area contributed by atoms with Gasteiger partial charge >= 0.3 is 6.18 Å². The van der Waals surface area contributed by atoms with Gasteiger partial charge in [-0.15, -0.1) is 0 Å². The number of pyridine rings is 1. The molecule has 0 aromatic carbocycles. The summed E-state index contributed by atoms with van der Waals surface area (Å²) in [4.78, 5) is 21.9. The van der Waals surface area contributed by atoms with Crippen molar-refractivity contribution < 1.29 is 22.7 Å². The Morgan fingerprint density at radius 3 is 2.38 bits per heavy atom. The van der Waals surface area contributed by atoms with E-state index in [4.69, 9.17) is 16.3 Å². The number of aromatic nitrogens is 1. The number of amides is 1. The Balaban J connectivity index is 1.55. The Kier molecular flexibility index (Phi) is 5.89. The average Bonchev–Trinajstić information content (AvgIpc) is 2.62. The molecule has 0 bridgehead atoms. The van der Waals surface area contributed by atoms with Gasteiger partial charge in [-0.2, -0.15) is 13.2 Å². The van der Waals surface area contributed by atoms with Crippen molar-refractivity contribution in [1.29, 1.82) is 0 Å². The van der Waals surface area contributed by atoms with Gasteiger partial charge in [0.25, 0.3) is 0 Å². The second kappa shape index (κ2) is 7.98. The average molecular weight is 393 g/mol. The molecule has 1 aromatic rings. The summed E-state index contributed by atoms with van der Waals surface area (Å²) in [6.45, 7) is 5.07. The number of morpholine rings is 1. The fraction of sp³-hybridized carbons (Fsp3) is 0.625. The highest BCUT2D eigenvalue weighted by Crippen LogP contribution is 2.33. The number of halogens is 4. The monoisotopic (exact) mass is 392 g/mol. The zero-order valence-electron chi connectivity index (χ0n) is 14.1. The molecule has 3 heterocycles. The quantitative estimate of drug-likeness (QED) is 0.784. The number of hydrogen-bond donors (Lipinski definition) is 0. The Hall–Kier alpha value is -1.58. The van der Waals surface area contributed by atoms with Crippen LogP contribution in [0.1, 0.15) is 5.56 Å². The lowest BCUT2D eigenvalue weighted by Gasteiger charge is -2.37. The van der Waals surface area contributed by atoms with E-state index in [0.29, 0.717) is 51.8 Å². The molecule has 144 valence electrons. The highest BCUT2D eigenvalue weighted by atomic mass is 35.5. The minimum atomic E-state index is -4.47. The van der Waals surface area contributed by atoms with E-state index in [9.17, 15) is 18.0 Å². The molecule has 2 saturated heterocycles. The van der Waals surface area contributed by atoms with Crippen LogP contribution in [-0.2, 0) is 15.7 Å². The first kappa shape index (κ1) is 19.2. The SMILES string of the molecule is O=C(CN1CCOCC1)N1CCN(c2ncc(C(F)(F)F)cc2Cl)CC1. The third-order valence-electron chi connectivity index (χ3n) is 4.54. The number of alkyl halides is 3. The number of carbonyl (C=O) groups is 1. The lowest BCUT2D eigenvalue weighted by atomic mass is 10.2. The van der Waals surface area contributed by atoms with E-state index in [1.807, 2.05) is 0 Å². The summed E-state index contributed by atoms with van der Waals surface area (Å²) in [7, 11) is 0. The maximum Gasteiger partial charge on any atom is 0.417 e. The van der Waals surface area contributed by atoms with Crippen molar-refractivity contribution in [3.63, 3.8) is 0 Å². The van der Waals surface area contributed by atoms with Crippen LogP contribution in [0.5, 0.6) is 0 Å². The number of rotatable bonds is 3. The van der Waals surface area contributed by atoms with Crippen LogP contribution in [0, 0.1) is 0 Å². The minimum absolute atomic E-state index is 0.0343. The summed E-state index contributed by atoms with van der Waals surface area (Å²) >= 11 is 5.99. The number of hydrogen-bond acceptors (Lipinski definition) is 5. The van der Waals surface area contributed by atoms with Crippen LogP contribution in [0.4, 0.5) is 19.0 Å². The Morgan fingerprint density at radius 2 is 1.81 bits per heavy atom. The smallest absolute Gasteiger partial charge is 0.379 e. The van der Waals surface area contributed by atoms with Crippen LogP contribution in [-0.4, -0.2) is 79.7 Å². The molecule has 0 spiro atoms. The number of nitrogens with zero attached hydrogens (tertiary/aromatic N) is 4. The third-order valence-corrected chi connectivity index (χ3v) is 4.82. The van der Waals surface area contributed by atoms with Crippen LogP contribution in [0.15, 0.2) is 12.3 Å². The molecule has 0 unspecified atom stereocenters. The van der Waals surface area contributed by atoms with Crippen LogP contribution in [0.3, 0.4) is 0 Å². The summed E-state index contributed by atoms with van der Waals surface area (Å²) in [5.41, 5.74) is -0.870. The molecular formula is C16H20ClF3N4O2. The summed E-state index contributed by atoms with van der Waals surface area (Å²) in [5.74, 6) is 0.373. The van der Waals surface area contributed by atoms with Crippen molar-refractivity contribution in [2.24, 2.45) is 0 Å². The van der Waals surface area contributed by atoms with Crippen molar-refractivity contribution in [2.45, 2.75) is 6.18 Å². The molecule has 0 atom stereocenters. The predicted molar refractivity (Wildman–Crippen MR) is 90.3 cm³/mol. The molecule has 10 heteroatoms. The second-order valence-corrected chi connectivity index (χ2v) is 6.69. The molecule has 2 aliphatic rings. The molecule has 1 aromatic heterocycles. The normalized spacial score (nSPS) is 19.7. The van der Waals surface area contributed by atoms with Crippen molar-refractivity contribution in [2.75, 3.05) is 63.9 Å². The van der Waals surface area contributed by atoms with Gasteiger partial charge < -0.3 is 14.5 Å². The minimum Gasteiger partial charge on any atom is -0.379 e. The van der Waals surface area contributed by atoms with Crippen molar-refractivity contribution in [1.82, 2.24) is 14.8 Å². The van der Waals surface area contributed by atoms with Crippen LogP contribution in [0.2, 0.25) is 5.02 Å². The molecule has 26 heavy (non-hydrogen) atoms. The summed E-state index contributed by atoms with van der Waals surface area (Å²) < 4.78 is 43.4. The lowest BCUT2D eigenvalue weighted by molar-refractivity contribution is -0.138.